The molecule has 162 valence electrons. The molecule has 2 aromatic carbocycles. The van der Waals surface area contributed by atoms with Gasteiger partial charge in [0, 0.05) is 17.1 Å². The molecular formula is C24H24N6O2. The average molecular weight is 428 g/mol. The van der Waals surface area contributed by atoms with Crippen LogP contribution in [0.5, 0.6) is 0 Å². The molecule has 0 saturated heterocycles. The second kappa shape index (κ2) is 9.84. The zero-order valence-corrected chi connectivity index (χ0v) is 17.9. The molecule has 0 spiro atoms. The minimum absolute atomic E-state index is 0.00785. The number of hydrogen-bond acceptors (Lipinski definition) is 6. The van der Waals surface area contributed by atoms with Crippen molar-refractivity contribution in [3.63, 3.8) is 0 Å². The van der Waals surface area contributed by atoms with Crippen LogP contribution in [0.3, 0.4) is 0 Å². The van der Waals surface area contributed by atoms with Crippen LogP contribution in [0.15, 0.2) is 72.8 Å². The van der Waals surface area contributed by atoms with Gasteiger partial charge in [-0.05, 0) is 61.9 Å². The highest BCUT2D eigenvalue weighted by atomic mass is 16.5. The summed E-state index contributed by atoms with van der Waals surface area (Å²) in [4.78, 5) is 12.1. The largest absolute Gasteiger partial charge is 0.367 e. The van der Waals surface area contributed by atoms with Crippen molar-refractivity contribution < 1.29 is 9.53 Å². The van der Waals surface area contributed by atoms with Gasteiger partial charge in [-0.1, -0.05) is 30.3 Å². The number of ether oxygens (including phenoxy) is 1. The molecular weight excluding hydrogens is 404 g/mol. The SMILES string of the molecule is Cc1cc(C)n(-c2ccc(Nc3ccc(NC(=O)COCc4ccccc4)cc3)nn2)n1. The maximum absolute atomic E-state index is 12.1. The van der Waals surface area contributed by atoms with Crippen molar-refractivity contribution in [1.82, 2.24) is 20.0 Å². The van der Waals surface area contributed by atoms with E-state index in [1.807, 2.05) is 86.6 Å². The van der Waals surface area contributed by atoms with Crippen molar-refractivity contribution in [3.8, 4) is 5.82 Å². The zero-order valence-electron chi connectivity index (χ0n) is 17.9. The number of amides is 1. The van der Waals surface area contributed by atoms with E-state index in [1.54, 1.807) is 4.68 Å². The molecule has 2 heterocycles. The lowest BCUT2D eigenvalue weighted by molar-refractivity contribution is -0.121. The minimum atomic E-state index is -0.202. The van der Waals surface area contributed by atoms with Crippen molar-refractivity contribution in [2.75, 3.05) is 17.2 Å². The molecule has 4 aromatic rings. The van der Waals surface area contributed by atoms with Crippen molar-refractivity contribution in [2.45, 2.75) is 20.5 Å². The van der Waals surface area contributed by atoms with Crippen LogP contribution >= 0.6 is 0 Å². The van der Waals surface area contributed by atoms with E-state index in [-0.39, 0.29) is 12.5 Å². The van der Waals surface area contributed by atoms with Gasteiger partial charge in [0.1, 0.15) is 6.61 Å². The van der Waals surface area contributed by atoms with E-state index in [9.17, 15) is 4.79 Å². The van der Waals surface area contributed by atoms with E-state index >= 15 is 0 Å². The fourth-order valence-corrected chi connectivity index (χ4v) is 3.18. The fraction of sp³-hybridized carbons (Fsp3) is 0.167. The van der Waals surface area contributed by atoms with Gasteiger partial charge in [-0.2, -0.15) is 5.10 Å². The molecule has 0 radical (unpaired) electrons. The summed E-state index contributed by atoms with van der Waals surface area (Å²) in [7, 11) is 0. The third-order valence-corrected chi connectivity index (χ3v) is 4.66. The standard InChI is InChI=1S/C24H24N6O2/c1-17-14-18(2)30(29-17)23-13-12-22(27-28-23)25-20-8-10-21(11-9-20)26-24(31)16-32-15-19-6-4-3-5-7-19/h3-14H,15-16H2,1-2H3,(H,25,27)(H,26,31). The predicted octanol–water partition coefficient (Wildman–Crippen LogP) is 4.18. The minimum Gasteiger partial charge on any atom is -0.367 e. The molecule has 0 saturated carbocycles. The van der Waals surface area contributed by atoms with Gasteiger partial charge in [-0.3, -0.25) is 4.79 Å². The van der Waals surface area contributed by atoms with Gasteiger partial charge < -0.3 is 15.4 Å². The molecule has 1 amide bonds. The molecule has 8 heteroatoms. The second-order valence-electron chi connectivity index (χ2n) is 7.34. The Bertz CT molecular complexity index is 1170. The normalized spacial score (nSPS) is 10.7. The number of carbonyl (C=O) groups excluding carboxylic acids is 1. The number of anilines is 3. The first kappa shape index (κ1) is 21.2. The van der Waals surface area contributed by atoms with E-state index in [1.165, 1.54) is 0 Å². The number of rotatable bonds is 8. The summed E-state index contributed by atoms with van der Waals surface area (Å²) in [5, 5.41) is 18.9. The zero-order chi connectivity index (χ0) is 22.3. The summed E-state index contributed by atoms with van der Waals surface area (Å²) in [5.41, 5.74) is 4.48. The Balaban J connectivity index is 1.28. The Labute approximate surface area is 186 Å². The fourth-order valence-electron chi connectivity index (χ4n) is 3.18. The van der Waals surface area contributed by atoms with Crippen LogP contribution in [0, 0.1) is 13.8 Å². The first-order valence-corrected chi connectivity index (χ1v) is 10.2. The first-order chi connectivity index (χ1) is 15.6. The Morgan fingerprint density at radius 1 is 0.938 bits per heavy atom. The average Bonchev–Trinajstić information content (AvgIpc) is 3.14. The summed E-state index contributed by atoms with van der Waals surface area (Å²) in [5.74, 6) is 1.07. The number of benzene rings is 2. The molecule has 0 aliphatic rings. The Morgan fingerprint density at radius 3 is 2.34 bits per heavy atom. The summed E-state index contributed by atoms with van der Waals surface area (Å²) in [6.07, 6.45) is 0. The van der Waals surface area contributed by atoms with E-state index in [0.29, 0.717) is 23.9 Å². The second-order valence-corrected chi connectivity index (χ2v) is 7.34. The molecule has 0 aliphatic heterocycles. The monoisotopic (exact) mass is 428 g/mol. The molecule has 0 aliphatic carbocycles. The van der Waals surface area contributed by atoms with Crippen LogP contribution < -0.4 is 10.6 Å². The number of hydrogen-bond donors (Lipinski definition) is 2. The van der Waals surface area contributed by atoms with Crippen LogP contribution in [0.25, 0.3) is 5.82 Å². The molecule has 0 fully saturated rings. The Morgan fingerprint density at radius 2 is 1.69 bits per heavy atom. The van der Waals surface area contributed by atoms with E-state index in [4.69, 9.17) is 4.74 Å². The summed E-state index contributed by atoms with van der Waals surface area (Å²) >= 11 is 0. The van der Waals surface area contributed by atoms with Crippen molar-refractivity contribution in [1.29, 1.82) is 0 Å². The van der Waals surface area contributed by atoms with E-state index in [2.05, 4.69) is 25.9 Å². The van der Waals surface area contributed by atoms with E-state index in [0.717, 1.165) is 22.6 Å². The maximum Gasteiger partial charge on any atom is 0.250 e. The van der Waals surface area contributed by atoms with Gasteiger partial charge in [0.15, 0.2) is 11.6 Å². The third-order valence-electron chi connectivity index (χ3n) is 4.66. The highest BCUT2D eigenvalue weighted by Crippen LogP contribution is 2.18. The van der Waals surface area contributed by atoms with Crippen LogP contribution in [0.1, 0.15) is 17.0 Å². The summed E-state index contributed by atoms with van der Waals surface area (Å²) < 4.78 is 7.22. The highest BCUT2D eigenvalue weighted by Gasteiger charge is 2.07. The lowest BCUT2D eigenvalue weighted by atomic mass is 10.2. The van der Waals surface area contributed by atoms with Gasteiger partial charge in [-0.25, -0.2) is 4.68 Å². The smallest absolute Gasteiger partial charge is 0.250 e. The van der Waals surface area contributed by atoms with Crippen LogP contribution in [-0.2, 0) is 16.1 Å². The number of carbonyl (C=O) groups is 1. The predicted molar refractivity (Wildman–Crippen MR) is 123 cm³/mol. The molecule has 0 atom stereocenters. The van der Waals surface area contributed by atoms with Crippen LogP contribution in [-0.4, -0.2) is 32.5 Å². The Hall–Kier alpha value is -4.04. The van der Waals surface area contributed by atoms with Gasteiger partial charge >= 0.3 is 0 Å². The van der Waals surface area contributed by atoms with Crippen LogP contribution in [0.2, 0.25) is 0 Å². The molecule has 0 unspecified atom stereocenters. The molecule has 2 N–H and O–H groups in total. The molecule has 32 heavy (non-hydrogen) atoms. The molecule has 2 aromatic heterocycles. The lowest BCUT2D eigenvalue weighted by Crippen LogP contribution is -2.18. The molecule has 0 bridgehead atoms. The highest BCUT2D eigenvalue weighted by molar-refractivity contribution is 5.91. The summed E-state index contributed by atoms with van der Waals surface area (Å²) in [6.45, 7) is 4.31. The lowest BCUT2D eigenvalue weighted by Gasteiger charge is -2.09. The van der Waals surface area contributed by atoms with Crippen molar-refractivity contribution >= 4 is 23.1 Å². The molecule has 8 nitrogen and oxygen atoms in total. The van der Waals surface area contributed by atoms with Gasteiger partial charge in [0.05, 0.1) is 12.3 Å². The number of nitrogens with zero attached hydrogens (tertiary/aromatic N) is 4. The topological polar surface area (TPSA) is 94.0 Å². The van der Waals surface area contributed by atoms with Crippen LogP contribution in [0.4, 0.5) is 17.2 Å². The van der Waals surface area contributed by atoms with Gasteiger partial charge in [0.25, 0.3) is 0 Å². The molecule has 4 rings (SSSR count). The van der Waals surface area contributed by atoms with Gasteiger partial charge in [-0.15, -0.1) is 10.2 Å². The summed E-state index contributed by atoms with van der Waals surface area (Å²) in [6, 6.07) is 22.8. The van der Waals surface area contributed by atoms with E-state index < -0.39 is 0 Å². The van der Waals surface area contributed by atoms with Crippen molar-refractivity contribution in [2.24, 2.45) is 0 Å². The number of nitrogens with one attached hydrogen (secondary N) is 2. The number of aromatic nitrogens is 4. The van der Waals surface area contributed by atoms with Crippen molar-refractivity contribution in [3.05, 3.63) is 89.7 Å². The maximum atomic E-state index is 12.1. The Kier molecular flexibility index (Phi) is 6.52. The van der Waals surface area contributed by atoms with Gasteiger partial charge in [0.2, 0.25) is 5.91 Å². The third kappa shape index (κ3) is 5.55. The quantitative estimate of drug-likeness (QED) is 0.437. The number of aryl methyl sites for hydroxylation is 2. The first-order valence-electron chi connectivity index (χ1n) is 10.2.